The molecule has 1 unspecified atom stereocenters. The second kappa shape index (κ2) is 7.68. The topological polar surface area (TPSA) is 23.5 Å². The maximum Gasteiger partial charge on any atom is 0.0502 e. The first-order valence-electron chi connectivity index (χ1n) is 6.72. The Kier molecular flexibility index (Phi) is 6.56. The van der Waals surface area contributed by atoms with Crippen molar-refractivity contribution in [2.75, 3.05) is 20.2 Å². The van der Waals surface area contributed by atoms with Crippen molar-refractivity contribution in [3.8, 4) is 0 Å². The van der Waals surface area contributed by atoms with E-state index in [0.29, 0.717) is 0 Å². The molecular weight excluding hydrogens is 258 g/mol. The van der Waals surface area contributed by atoms with Crippen LogP contribution in [0, 0.1) is 5.41 Å². The number of aliphatic hydroxyl groups is 1. The Morgan fingerprint density at radius 3 is 2.53 bits per heavy atom. The van der Waals surface area contributed by atoms with E-state index >= 15 is 0 Å². The van der Waals surface area contributed by atoms with Crippen LogP contribution in [0.5, 0.6) is 0 Å². The van der Waals surface area contributed by atoms with E-state index in [2.05, 4.69) is 48.4 Å². The molecule has 1 aliphatic carbocycles. The van der Waals surface area contributed by atoms with Crippen LogP contribution in [-0.4, -0.2) is 30.2 Å². The molecule has 0 saturated carbocycles. The second-order valence-electron chi connectivity index (χ2n) is 5.53. The lowest BCUT2D eigenvalue weighted by molar-refractivity contribution is 0.0720. The average Bonchev–Trinajstić information content (AvgIpc) is 2.41. The number of nitrogens with zero attached hydrogens (tertiary/aromatic N) is 1. The highest BCUT2D eigenvalue weighted by atomic mass is 35.5. The summed E-state index contributed by atoms with van der Waals surface area (Å²) < 4.78 is 0. The third-order valence-electron chi connectivity index (χ3n) is 3.79. The van der Waals surface area contributed by atoms with Gasteiger partial charge in [-0.05, 0) is 31.9 Å². The highest BCUT2D eigenvalue weighted by Gasteiger charge is 2.30. The van der Waals surface area contributed by atoms with Crippen LogP contribution in [0.2, 0.25) is 0 Å². The molecule has 106 valence electrons. The number of hydrogen-bond donors (Lipinski definition) is 1. The van der Waals surface area contributed by atoms with Crippen LogP contribution >= 0.6 is 12.4 Å². The van der Waals surface area contributed by atoms with Gasteiger partial charge in [-0.2, -0.15) is 0 Å². The Hall–Kier alpha value is -0.830. The van der Waals surface area contributed by atoms with Gasteiger partial charge in [0.05, 0.1) is 6.61 Å². The molecule has 0 spiro atoms. The summed E-state index contributed by atoms with van der Waals surface area (Å²) in [5.41, 5.74) is 1.40. The molecule has 2 nitrogen and oxygen atoms in total. The Morgan fingerprint density at radius 2 is 1.95 bits per heavy atom. The molecule has 1 N–H and O–H groups in total. The minimum Gasteiger partial charge on any atom is -0.396 e. The van der Waals surface area contributed by atoms with Crippen LogP contribution in [-0.2, 0) is 6.54 Å². The lowest BCUT2D eigenvalue weighted by Gasteiger charge is -2.36. The number of aliphatic hydroxyl groups excluding tert-OH is 1. The summed E-state index contributed by atoms with van der Waals surface area (Å²) >= 11 is 0. The van der Waals surface area contributed by atoms with E-state index in [-0.39, 0.29) is 24.4 Å². The van der Waals surface area contributed by atoms with Gasteiger partial charge in [0, 0.05) is 18.5 Å². The molecule has 1 aromatic carbocycles. The molecule has 0 radical (unpaired) electrons. The SMILES string of the molecule is CN(Cc1ccccc1)CC1(CO)CC=CCC1.Cl. The first-order valence-corrected chi connectivity index (χ1v) is 6.72. The minimum absolute atomic E-state index is 0. The van der Waals surface area contributed by atoms with Gasteiger partial charge in [0.25, 0.3) is 0 Å². The third kappa shape index (κ3) is 4.64. The summed E-state index contributed by atoms with van der Waals surface area (Å²) in [5.74, 6) is 0. The predicted molar refractivity (Wildman–Crippen MR) is 82.5 cm³/mol. The molecule has 3 heteroatoms. The molecule has 0 amide bonds. The van der Waals surface area contributed by atoms with Crippen molar-refractivity contribution in [2.45, 2.75) is 25.8 Å². The fraction of sp³-hybridized carbons (Fsp3) is 0.500. The van der Waals surface area contributed by atoms with Crippen molar-refractivity contribution in [1.82, 2.24) is 4.90 Å². The number of benzene rings is 1. The van der Waals surface area contributed by atoms with Crippen LogP contribution in [0.4, 0.5) is 0 Å². The molecule has 0 saturated heterocycles. The zero-order chi connectivity index (χ0) is 12.8. The van der Waals surface area contributed by atoms with E-state index in [0.717, 1.165) is 32.4 Å². The molecule has 0 aromatic heterocycles. The van der Waals surface area contributed by atoms with Crippen LogP contribution in [0.15, 0.2) is 42.5 Å². The molecule has 0 bridgehead atoms. The number of hydrogen-bond acceptors (Lipinski definition) is 2. The van der Waals surface area contributed by atoms with Gasteiger partial charge >= 0.3 is 0 Å². The van der Waals surface area contributed by atoms with Crippen LogP contribution in [0.25, 0.3) is 0 Å². The zero-order valence-electron chi connectivity index (χ0n) is 11.6. The van der Waals surface area contributed by atoms with E-state index in [1.165, 1.54) is 5.56 Å². The number of rotatable bonds is 5. The van der Waals surface area contributed by atoms with Gasteiger partial charge in [-0.25, -0.2) is 0 Å². The van der Waals surface area contributed by atoms with Crippen LogP contribution in [0.3, 0.4) is 0 Å². The van der Waals surface area contributed by atoms with Crippen LogP contribution < -0.4 is 0 Å². The normalized spacial score (nSPS) is 22.3. The monoisotopic (exact) mass is 281 g/mol. The highest BCUT2D eigenvalue weighted by Crippen LogP contribution is 2.33. The maximum absolute atomic E-state index is 9.70. The van der Waals surface area contributed by atoms with E-state index < -0.39 is 0 Å². The quantitative estimate of drug-likeness (QED) is 0.838. The summed E-state index contributed by atoms with van der Waals surface area (Å²) in [5, 5.41) is 9.70. The number of halogens is 1. The van der Waals surface area contributed by atoms with Gasteiger partial charge < -0.3 is 10.0 Å². The Morgan fingerprint density at radius 1 is 1.21 bits per heavy atom. The minimum atomic E-state index is 0. The average molecular weight is 282 g/mol. The fourth-order valence-electron chi connectivity index (χ4n) is 2.80. The molecule has 1 aliphatic rings. The molecule has 1 atom stereocenters. The number of allylic oxidation sites excluding steroid dienone is 2. The van der Waals surface area contributed by atoms with Gasteiger partial charge in [0.15, 0.2) is 0 Å². The van der Waals surface area contributed by atoms with Gasteiger partial charge in [-0.1, -0.05) is 42.5 Å². The summed E-state index contributed by atoms with van der Waals surface area (Å²) in [6.07, 6.45) is 7.64. The molecule has 1 aromatic rings. The summed E-state index contributed by atoms with van der Waals surface area (Å²) in [7, 11) is 2.14. The van der Waals surface area contributed by atoms with Crippen molar-refractivity contribution in [1.29, 1.82) is 0 Å². The molecule has 19 heavy (non-hydrogen) atoms. The highest BCUT2D eigenvalue weighted by molar-refractivity contribution is 5.85. The molecule has 2 rings (SSSR count). The van der Waals surface area contributed by atoms with Crippen molar-refractivity contribution in [3.63, 3.8) is 0 Å². The largest absolute Gasteiger partial charge is 0.396 e. The zero-order valence-corrected chi connectivity index (χ0v) is 12.4. The third-order valence-corrected chi connectivity index (χ3v) is 3.79. The van der Waals surface area contributed by atoms with Gasteiger partial charge in [-0.15, -0.1) is 12.4 Å². The van der Waals surface area contributed by atoms with Gasteiger partial charge in [-0.3, -0.25) is 0 Å². The van der Waals surface area contributed by atoms with E-state index in [1.54, 1.807) is 0 Å². The summed E-state index contributed by atoms with van der Waals surface area (Å²) in [6, 6.07) is 10.5. The first kappa shape index (κ1) is 16.2. The standard InChI is InChI=1S/C16H23NO.ClH/c1-17(12-15-8-4-2-5-9-15)13-16(14-18)10-6-3-7-11-16;/h2-6,8-9,18H,7,10-14H2,1H3;1H. The van der Waals surface area contributed by atoms with Crippen molar-refractivity contribution in [3.05, 3.63) is 48.0 Å². The Labute approximate surface area is 122 Å². The molecular formula is C16H24ClNO. The van der Waals surface area contributed by atoms with E-state index in [1.807, 2.05) is 6.07 Å². The van der Waals surface area contributed by atoms with Crippen molar-refractivity contribution < 1.29 is 5.11 Å². The predicted octanol–water partition coefficient (Wildman–Crippen LogP) is 3.26. The second-order valence-corrected chi connectivity index (χ2v) is 5.53. The molecule has 0 heterocycles. The summed E-state index contributed by atoms with van der Waals surface area (Å²) in [4.78, 5) is 2.32. The lowest BCUT2D eigenvalue weighted by atomic mass is 9.77. The smallest absolute Gasteiger partial charge is 0.0502 e. The Bertz CT molecular complexity index is 393. The van der Waals surface area contributed by atoms with Gasteiger partial charge in [0.2, 0.25) is 0 Å². The Balaban J connectivity index is 0.00000180. The van der Waals surface area contributed by atoms with Crippen molar-refractivity contribution in [2.24, 2.45) is 5.41 Å². The lowest BCUT2D eigenvalue weighted by Crippen LogP contribution is -2.38. The van der Waals surface area contributed by atoms with Gasteiger partial charge in [0.1, 0.15) is 0 Å². The van der Waals surface area contributed by atoms with E-state index in [9.17, 15) is 5.11 Å². The first-order chi connectivity index (χ1) is 8.74. The molecule has 0 aliphatic heterocycles. The van der Waals surface area contributed by atoms with Crippen LogP contribution in [0.1, 0.15) is 24.8 Å². The molecule has 0 fully saturated rings. The maximum atomic E-state index is 9.70. The van der Waals surface area contributed by atoms with Crippen molar-refractivity contribution >= 4 is 12.4 Å². The van der Waals surface area contributed by atoms with E-state index in [4.69, 9.17) is 0 Å². The fourth-order valence-corrected chi connectivity index (χ4v) is 2.80. The summed E-state index contributed by atoms with van der Waals surface area (Å²) in [6.45, 7) is 2.20.